The number of carbonyl (C=O) groups is 4. The van der Waals surface area contributed by atoms with E-state index in [1.807, 2.05) is 4.90 Å². The van der Waals surface area contributed by atoms with Gasteiger partial charge in [-0.2, -0.15) is 0 Å². The van der Waals surface area contributed by atoms with Gasteiger partial charge in [0.2, 0.25) is 17.8 Å². The molecule has 3 aliphatic rings. The molecule has 10 nitrogen and oxygen atoms in total. The zero-order chi connectivity index (χ0) is 24.7. The van der Waals surface area contributed by atoms with Crippen LogP contribution < -0.4 is 16.0 Å². The lowest BCUT2D eigenvalue weighted by molar-refractivity contribution is -0.136. The molecule has 5 rings (SSSR count). The number of rotatable bonds is 5. The molecule has 2 fully saturated rings. The molecule has 0 spiro atoms. The van der Waals surface area contributed by atoms with Crippen LogP contribution >= 0.6 is 11.6 Å². The first kappa shape index (κ1) is 23.4. The maximum absolute atomic E-state index is 13.5. The van der Waals surface area contributed by atoms with Crippen molar-refractivity contribution in [2.45, 2.75) is 63.2 Å². The molecule has 1 saturated carbocycles. The highest BCUT2D eigenvalue weighted by atomic mass is 35.5. The highest BCUT2D eigenvalue weighted by Crippen LogP contribution is 2.33. The smallest absolute Gasteiger partial charge is 0.262 e. The minimum absolute atomic E-state index is 0.0698. The van der Waals surface area contributed by atoms with Gasteiger partial charge in [0.1, 0.15) is 11.2 Å². The van der Waals surface area contributed by atoms with E-state index < -0.39 is 29.7 Å². The van der Waals surface area contributed by atoms with Crippen LogP contribution in [0.25, 0.3) is 0 Å². The van der Waals surface area contributed by atoms with Gasteiger partial charge >= 0.3 is 0 Å². The molecule has 4 amide bonds. The Morgan fingerprint density at radius 2 is 1.83 bits per heavy atom. The van der Waals surface area contributed by atoms with Gasteiger partial charge < -0.3 is 10.6 Å². The first-order valence-electron chi connectivity index (χ1n) is 11.7. The molecule has 1 aromatic heterocycles. The Bertz CT molecular complexity index is 1210. The maximum Gasteiger partial charge on any atom is 0.262 e. The third-order valence-corrected chi connectivity index (χ3v) is 7.15. The average molecular weight is 497 g/mol. The quantitative estimate of drug-likeness (QED) is 0.472. The van der Waals surface area contributed by atoms with Gasteiger partial charge in [0.25, 0.3) is 11.8 Å². The van der Waals surface area contributed by atoms with Crippen LogP contribution in [0, 0.1) is 0 Å². The van der Waals surface area contributed by atoms with E-state index in [1.165, 1.54) is 0 Å². The SMILES string of the molecule is NC1CCC(N(Cc2cccc3c2C(=O)N(C2CCC(=O)NC2=O)C3=O)c2nccc(Cl)n2)CC1. The predicted molar refractivity (Wildman–Crippen MR) is 127 cm³/mol. The Morgan fingerprint density at radius 3 is 2.54 bits per heavy atom. The van der Waals surface area contributed by atoms with Crippen molar-refractivity contribution in [2.24, 2.45) is 5.73 Å². The fourth-order valence-electron chi connectivity index (χ4n) is 5.14. The Kier molecular flexibility index (Phi) is 6.24. The van der Waals surface area contributed by atoms with Crippen LogP contribution in [0.2, 0.25) is 5.15 Å². The fraction of sp³-hybridized carbons (Fsp3) is 0.417. The molecular weight excluding hydrogens is 472 g/mol. The van der Waals surface area contributed by atoms with Crippen molar-refractivity contribution in [3.63, 3.8) is 0 Å². The number of aromatic nitrogens is 2. The van der Waals surface area contributed by atoms with Crippen molar-refractivity contribution in [2.75, 3.05) is 4.90 Å². The number of hydrogen-bond donors (Lipinski definition) is 2. The lowest BCUT2D eigenvalue weighted by Gasteiger charge is -2.36. The summed E-state index contributed by atoms with van der Waals surface area (Å²) in [5, 5.41) is 2.53. The Hall–Kier alpha value is -3.37. The van der Waals surface area contributed by atoms with Crippen LogP contribution in [-0.2, 0) is 16.1 Å². The summed E-state index contributed by atoms with van der Waals surface area (Å²) in [5.74, 6) is -1.67. The summed E-state index contributed by atoms with van der Waals surface area (Å²) < 4.78 is 0. The van der Waals surface area contributed by atoms with Gasteiger partial charge in [0.15, 0.2) is 0 Å². The van der Waals surface area contributed by atoms with Crippen molar-refractivity contribution < 1.29 is 19.2 Å². The van der Waals surface area contributed by atoms with Crippen molar-refractivity contribution in [1.29, 1.82) is 0 Å². The summed E-state index contributed by atoms with van der Waals surface area (Å²) >= 11 is 6.15. The Balaban J connectivity index is 1.48. The average Bonchev–Trinajstić information content (AvgIpc) is 3.09. The van der Waals surface area contributed by atoms with Crippen LogP contribution in [0.15, 0.2) is 30.5 Å². The predicted octanol–water partition coefficient (Wildman–Crippen LogP) is 1.81. The first-order chi connectivity index (χ1) is 16.8. The number of nitrogens with one attached hydrogen (secondary N) is 1. The number of piperidine rings is 1. The molecule has 1 aliphatic carbocycles. The van der Waals surface area contributed by atoms with Gasteiger partial charge in [-0.3, -0.25) is 29.4 Å². The second-order valence-corrected chi connectivity index (χ2v) is 9.55. The largest absolute Gasteiger partial charge is 0.333 e. The number of hydrogen-bond acceptors (Lipinski definition) is 8. The summed E-state index contributed by atoms with van der Waals surface area (Å²) in [4.78, 5) is 62.5. The minimum Gasteiger partial charge on any atom is -0.333 e. The van der Waals surface area contributed by atoms with Gasteiger partial charge in [-0.1, -0.05) is 23.7 Å². The van der Waals surface area contributed by atoms with Gasteiger partial charge in [0.05, 0.1) is 11.1 Å². The number of imide groups is 2. The maximum atomic E-state index is 13.5. The first-order valence-corrected chi connectivity index (χ1v) is 12.1. The van der Waals surface area contributed by atoms with Crippen LogP contribution in [0.1, 0.15) is 64.8 Å². The van der Waals surface area contributed by atoms with Crippen LogP contribution in [0.5, 0.6) is 0 Å². The summed E-state index contributed by atoms with van der Waals surface area (Å²) in [6, 6.07) is 5.93. The molecule has 11 heteroatoms. The highest BCUT2D eigenvalue weighted by molar-refractivity contribution is 6.29. The number of benzene rings is 1. The topological polar surface area (TPSA) is 139 Å². The molecule has 3 heterocycles. The van der Waals surface area contributed by atoms with E-state index in [9.17, 15) is 19.2 Å². The number of halogens is 1. The van der Waals surface area contributed by atoms with Crippen molar-refractivity contribution in [3.05, 3.63) is 52.3 Å². The number of fused-ring (bicyclic) bond motifs is 1. The third kappa shape index (κ3) is 4.39. The van der Waals surface area contributed by atoms with Crippen LogP contribution in [-0.4, -0.2) is 56.6 Å². The molecular formula is C24H25ClN6O4. The molecule has 2 aliphatic heterocycles. The molecule has 0 radical (unpaired) electrons. The lowest BCUT2D eigenvalue weighted by Crippen LogP contribution is -2.54. The normalized spacial score (nSPS) is 24.4. The van der Waals surface area contributed by atoms with Crippen LogP contribution in [0.4, 0.5) is 5.95 Å². The summed E-state index contributed by atoms with van der Waals surface area (Å²) in [5.41, 5.74) is 7.26. The van der Waals surface area contributed by atoms with E-state index in [2.05, 4.69) is 15.3 Å². The number of anilines is 1. The number of nitrogens with two attached hydrogens (primary N) is 1. The van der Waals surface area contributed by atoms with Crippen molar-refractivity contribution in [3.8, 4) is 0 Å². The van der Waals surface area contributed by atoms with Crippen LogP contribution in [0.3, 0.4) is 0 Å². The molecule has 0 bridgehead atoms. The van der Waals surface area contributed by atoms with E-state index >= 15 is 0 Å². The van der Waals surface area contributed by atoms with Gasteiger partial charge in [-0.15, -0.1) is 0 Å². The minimum atomic E-state index is -1.01. The molecule has 182 valence electrons. The standard InChI is InChI=1S/C24H25ClN6O4/c25-18-10-11-27-24(28-18)30(15-6-4-14(26)5-7-15)12-13-2-1-3-16-20(13)23(35)31(22(16)34)17-8-9-19(32)29-21(17)33/h1-3,10-11,14-15,17H,4-9,12,26H2,(H,29,32,33). The van der Waals surface area contributed by atoms with Gasteiger partial charge in [-0.05, 0) is 49.8 Å². The summed E-state index contributed by atoms with van der Waals surface area (Å²) in [6.07, 6.45) is 5.14. The monoisotopic (exact) mass is 496 g/mol. The van der Waals surface area contributed by atoms with Crippen molar-refractivity contribution >= 4 is 41.2 Å². The van der Waals surface area contributed by atoms with Gasteiger partial charge in [-0.25, -0.2) is 9.97 Å². The van der Waals surface area contributed by atoms with E-state index in [4.69, 9.17) is 17.3 Å². The molecule has 1 aromatic carbocycles. The Morgan fingerprint density at radius 1 is 1.06 bits per heavy atom. The molecule has 1 saturated heterocycles. The second kappa shape index (κ2) is 9.35. The number of amides is 4. The van der Waals surface area contributed by atoms with E-state index in [1.54, 1.807) is 30.5 Å². The number of carbonyl (C=O) groups excluding carboxylic acids is 4. The zero-order valence-corrected chi connectivity index (χ0v) is 19.7. The molecule has 2 aromatic rings. The lowest BCUT2D eigenvalue weighted by atomic mass is 9.90. The second-order valence-electron chi connectivity index (χ2n) is 9.16. The van der Waals surface area contributed by atoms with E-state index in [0.717, 1.165) is 30.6 Å². The van der Waals surface area contributed by atoms with Gasteiger partial charge in [0, 0.05) is 31.2 Å². The van der Waals surface area contributed by atoms with E-state index in [0.29, 0.717) is 16.7 Å². The molecule has 1 unspecified atom stereocenters. The fourth-order valence-corrected chi connectivity index (χ4v) is 5.27. The molecule has 35 heavy (non-hydrogen) atoms. The summed E-state index contributed by atoms with van der Waals surface area (Å²) in [6.45, 7) is 0.283. The molecule has 3 N–H and O–H groups in total. The Labute approximate surface area is 206 Å². The van der Waals surface area contributed by atoms with E-state index in [-0.39, 0.29) is 42.6 Å². The molecule has 1 atom stereocenters. The third-order valence-electron chi connectivity index (χ3n) is 6.94. The zero-order valence-electron chi connectivity index (χ0n) is 18.9. The summed E-state index contributed by atoms with van der Waals surface area (Å²) in [7, 11) is 0. The number of nitrogens with zero attached hydrogens (tertiary/aromatic N) is 4. The highest BCUT2D eigenvalue weighted by Gasteiger charge is 2.45. The van der Waals surface area contributed by atoms with Crippen molar-refractivity contribution in [1.82, 2.24) is 20.2 Å².